The third kappa shape index (κ3) is 5.12. The highest BCUT2D eigenvalue weighted by Crippen LogP contribution is 2.52. The van der Waals surface area contributed by atoms with Crippen LogP contribution >= 0.6 is 7.75 Å². The lowest BCUT2D eigenvalue weighted by Crippen LogP contribution is -2.24. The van der Waals surface area contributed by atoms with Crippen LogP contribution in [-0.2, 0) is 13.6 Å². The molecule has 1 unspecified atom stereocenters. The van der Waals surface area contributed by atoms with E-state index in [2.05, 4.69) is 0 Å². The molecule has 0 spiro atoms. The first-order valence-electron chi connectivity index (χ1n) is 5.68. The van der Waals surface area contributed by atoms with Crippen LogP contribution < -0.4 is 0 Å². The molecule has 92 valence electrons. The summed E-state index contributed by atoms with van der Waals surface area (Å²) in [6, 6.07) is 0. The van der Waals surface area contributed by atoms with Crippen LogP contribution in [0.5, 0.6) is 0 Å². The highest BCUT2D eigenvalue weighted by Gasteiger charge is 2.32. The summed E-state index contributed by atoms with van der Waals surface area (Å²) in [6.07, 6.45) is 0.750. The van der Waals surface area contributed by atoms with Crippen LogP contribution in [0.2, 0.25) is 0 Å². The van der Waals surface area contributed by atoms with Gasteiger partial charge >= 0.3 is 7.75 Å². The summed E-state index contributed by atoms with van der Waals surface area (Å²) < 4.78 is 25.0. The van der Waals surface area contributed by atoms with Gasteiger partial charge in [0.15, 0.2) is 0 Å². The van der Waals surface area contributed by atoms with Crippen molar-refractivity contribution in [1.82, 2.24) is 4.67 Å². The number of nitrogens with zero attached hydrogens (tertiary/aromatic N) is 1. The Morgan fingerprint density at radius 1 is 1.20 bits per heavy atom. The summed E-state index contributed by atoms with van der Waals surface area (Å²) in [5, 5.41) is 0. The molecule has 0 aliphatic carbocycles. The Kier molecular flexibility index (Phi) is 7.45. The van der Waals surface area contributed by atoms with Crippen molar-refractivity contribution in [3.8, 4) is 0 Å². The molecule has 0 rings (SSSR count). The summed E-state index contributed by atoms with van der Waals surface area (Å²) in [5.74, 6) is 0. The molecular formula is C10H24NO3P. The summed E-state index contributed by atoms with van der Waals surface area (Å²) in [4.78, 5) is 0. The van der Waals surface area contributed by atoms with Gasteiger partial charge in [-0.2, -0.15) is 0 Å². The van der Waals surface area contributed by atoms with E-state index in [0.717, 1.165) is 6.42 Å². The topological polar surface area (TPSA) is 38.8 Å². The molecule has 0 radical (unpaired) electrons. The van der Waals surface area contributed by atoms with E-state index in [1.54, 1.807) is 4.67 Å². The second-order valence-corrected chi connectivity index (χ2v) is 5.57. The Hall–Kier alpha value is 0.110. The van der Waals surface area contributed by atoms with Crippen LogP contribution in [0.25, 0.3) is 0 Å². The van der Waals surface area contributed by atoms with Crippen LogP contribution in [0.15, 0.2) is 0 Å². The molecule has 0 aliphatic rings. The molecule has 0 saturated heterocycles. The zero-order valence-corrected chi connectivity index (χ0v) is 11.4. The van der Waals surface area contributed by atoms with E-state index in [0.29, 0.717) is 19.7 Å². The third-order valence-corrected chi connectivity index (χ3v) is 4.33. The monoisotopic (exact) mass is 237 g/mol. The zero-order valence-electron chi connectivity index (χ0n) is 10.5. The molecule has 1 atom stereocenters. The minimum absolute atomic E-state index is 0.0895. The first kappa shape index (κ1) is 15.1. The van der Waals surface area contributed by atoms with Crippen LogP contribution in [0, 0.1) is 0 Å². The fourth-order valence-electron chi connectivity index (χ4n) is 1.22. The standard InChI is InChI=1S/C10H24NO3P/c1-6-9-13-15(12,14-10(4)5)11(7-2)8-3/h10H,6-9H2,1-5H3. The molecule has 5 heteroatoms. The van der Waals surface area contributed by atoms with E-state index in [1.807, 2.05) is 34.6 Å². The molecule has 0 saturated carbocycles. The largest absolute Gasteiger partial charge is 0.408 e. The smallest absolute Gasteiger partial charge is 0.297 e. The minimum Gasteiger partial charge on any atom is -0.297 e. The molecule has 0 aromatic heterocycles. The Morgan fingerprint density at radius 2 is 1.73 bits per heavy atom. The van der Waals surface area contributed by atoms with Crippen molar-refractivity contribution < 1.29 is 13.6 Å². The molecule has 15 heavy (non-hydrogen) atoms. The van der Waals surface area contributed by atoms with Crippen molar-refractivity contribution in [2.24, 2.45) is 0 Å². The van der Waals surface area contributed by atoms with E-state index >= 15 is 0 Å². The Morgan fingerprint density at radius 3 is 2.07 bits per heavy atom. The van der Waals surface area contributed by atoms with E-state index in [4.69, 9.17) is 9.05 Å². The molecule has 0 aliphatic heterocycles. The van der Waals surface area contributed by atoms with E-state index in [9.17, 15) is 4.57 Å². The lowest BCUT2D eigenvalue weighted by Gasteiger charge is -2.29. The summed E-state index contributed by atoms with van der Waals surface area (Å²) in [5.41, 5.74) is 0. The zero-order chi connectivity index (χ0) is 11.9. The Bertz CT molecular complexity index is 205. The van der Waals surface area contributed by atoms with Gasteiger partial charge in [-0.3, -0.25) is 9.05 Å². The number of hydrogen-bond donors (Lipinski definition) is 0. The molecule has 4 nitrogen and oxygen atoms in total. The quantitative estimate of drug-likeness (QED) is 0.607. The lowest BCUT2D eigenvalue weighted by atomic mass is 10.5. The molecule has 0 fully saturated rings. The molecule has 0 N–H and O–H groups in total. The van der Waals surface area contributed by atoms with Gasteiger partial charge in [0.2, 0.25) is 0 Å². The van der Waals surface area contributed by atoms with Crippen LogP contribution in [0.4, 0.5) is 0 Å². The van der Waals surface area contributed by atoms with Crippen molar-refractivity contribution in [3.63, 3.8) is 0 Å². The van der Waals surface area contributed by atoms with Gasteiger partial charge in [0.25, 0.3) is 0 Å². The van der Waals surface area contributed by atoms with Gasteiger partial charge in [-0.15, -0.1) is 0 Å². The van der Waals surface area contributed by atoms with Crippen molar-refractivity contribution in [3.05, 3.63) is 0 Å². The Balaban J connectivity index is 4.59. The number of hydrogen-bond acceptors (Lipinski definition) is 3. The fraction of sp³-hybridized carbons (Fsp3) is 1.00. The SMILES string of the molecule is CCCOP(=O)(OC(C)C)N(CC)CC. The van der Waals surface area contributed by atoms with Gasteiger partial charge in [0, 0.05) is 13.1 Å². The van der Waals surface area contributed by atoms with Crippen molar-refractivity contribution in [1.29, 1.82) is 0 Å². The van der Waals surface area contributed by atoms with E-state index < -0.39 is 7.75 Å². The molecule has 0 aromatic rings. The summed E-state index contributed by atoms with van der Waals surface area (Å²) in [6.45, 7) is 11.4. The van der Waals surface area contributed by atoms with E-state index in [1.165, 1.54) is 0 Å². The number of rotatable bonds is 8. The second kappa shape index (κ2) is 7.39. The average Bonchev–Trinajstić information content (AvgIpc) is 2.15. The summed E-state index contributed by atoms with van der Waals surface area (Å²) >= 11 is 0. The second-order valence-electron chi connectivity index (χ2n) is 3.59. The van der Waals surface area contributed by atoms with Gasteiger partial charge in [0.05, 0.1) is 12.7 Å². The maximum Gasteiger partial charge on any atom is 0.408 e. The molecule has 0 aromatic carbocycles. The van der Waals surface area contributed by atoms with Gasteiger partial charge in [-0.1, -0.05) is 20.8 Å². The molecule has 0 heterocycles. The van der Waals surface area contributed by atoms with Gasteiger partial charge in [-0.05, 0) is 20.3 Å². The maximum atomic E-state index is 12.4. The summed E-state index contributed by atoms with van der Waals surface area (Å²) in [7, 11) is -3.07. The van der Waals surface area contributed by atoms with Crippen molar-refractivity contribution in [2.45, 2.75) is 47.1 Å². The Labute approximate surface area is 93.5 Å². The lowest BCUT2D eigenvalue weighted by molar-refractivity contribution is 0.131. The van der Waals surface area contributed by atoms with Crippen LogP contribution in [0.1, 0.15) is 41.0 Å². The first-order valence-corrected chi connectivity index (χ1v) is 7.18. The maximum absolute atomic E-state index is 12.4. The molecule has 0 bridgehead atoms. The molecule has 0 amide bonds. The average molecular weight is 237 g/mol. The van der Waals surface area contributed by atoms with E-state index in [-0.39, 0.29) is 6.10 Å². The third-order valence-electron chi connectivity index (χ3n) is 1.88. The van der Waals surface area contributed by atoms with Crippen molar-refractivity contribution >= 4 is 7.75 Å². The minimum atomic E-state index is -3.07. The fourth-order valence-corrected chi connectivity index (χ4v) is 3.22. The van der Waals surface area contributed by atoms with Gasteiger partial charge in [0.1, 0.15) is 0 Å². The van der Waals surface area contributed by atoms with Crippen LogP contribution in [-0.4, -0.2) is 30.5 Å². The van der Waals surface area contributed by atoms with Crippen molar-refractivity contribution in [2.75, 3.05) is 19.7 Å². The van der Waals surface area contributed by atoms with Gasteiger partial charge in [-0.25, -0.2) is 9.24 Å². The highest BCUT2D eigenvalue weighted by molar-refractivity contribution is 7.51. The first-order chi connectivity index (χ1) is 7.00. The predicted octanol–water partition coefficient (Wildman–Crippen LogP) is 3.29. The van der Waals surface area contributed by atoms with Crippen LogP contribution in [0.3, 0.4) is 0 Å². The normalized spacial score (nSPS) is 15.9. The molecular weight excluding hydrogens is 213 g/mol. The van der Waals surface area contributed by atoms with Gasteiger partial charge < -0.3 is 0 Å². The predicted molar refractivity (Wildman–Crippen MR) is 63.0 cm³/mol. The highest BCUT2D eigenvalue weighted by atomic mass is 31.2.